The Labute approximate surface area is 303 Å². The first-order chi connectivity index (χ1) is 24.4. The van der Waals surface area contributed by atoms with E-state index < -0.39 is 44.7 Å². The third-order valence-electron chi connectivity index (χ3n) is 9.63. The van der Waals surface area contributed by atoms with Crippen LogP contribution in [0.15, 0.2) is 121 Å². The molecule has 0 aliphatic carbocycles. The van der Waals surface area contributed by atoms with Crippen LogP contribution in [0.5, 0.6) is 0 Å². The van der Waals surface area contributed by atoms with E-state index in [0.717, 1.165) is 11.1 Å². The van der Waals surface area contributed by atoms with Gasteiger partial charge in [-0.15, -0.1) is 0 Å². The molecule has 2 heterocycles. The molecular weight excluding hydrogens is 659 g/mol. The Balaban J connectivity index is 1.38. The maximum absolute atomic E-state index is 12.1. The normalized spacial score (nSPS) is 22.9. The molecule has 6 rings (SSSR count). The van der Waals surface area contributed by atoms with Gasteiger partial charge in [0, 0.05) is 19.9 Å². The van der Waals surface area contributed by atoms with E-state index in [1.165, 1.54) is 17.3 Å². The minimum Gasteiger partial charge on any atom is -0.434 e. The number of benzene rings is 4. The van der Waals surface area contributed by atoms with Crippen LogP contribution in [-0.4, -0.2) is 62.4 Å². The van der Waals surface area contributed by atoms with Gasteiger partial charge in [0.2, 0.25) is 6.29 Å². The summed E-state index contributed by atoms with van der Waals surface area (Å²) in [7, 11) is -2.92. The number of nitrogens with zero attached hydrogens (tertiary/aromatic N) is 1. The minimum absolute atomic E-state index is 0.228. The molecule has 270 valence electrons. The van der Waals surface area contributed by atoms with Crippen molar-refractivity contribution in [3.05, 3.63) is 132 Å². The lowest BCUT2D eigenvalue weighted by Crippen LogP contribution is -2.67. The van der Waals surface area contributed by atoms with Crippen molar-refractivity contribution in [2.45, 2.75) is 103 Å². The summed E-state index contributed by atoms with van der Waals surface area (Å²) in [5.74, 6) is -1.32. The van der Waals surface area contributed by atoms with Crippen molar-refractivity contribution in [1.82, 2.24) is 5.06 Å². The lowest BCUT2D eigenvalue weighted by molar-refractivity contribution is -0.246. The van der Waals surface area contributed by atoms with Gasteiger partial charge in [0.1, 0.15) is 18.3 Å². The van der Waals surface area contributed by atoms with E-state index in [1.807, 2.05) is 67.4 Å². The van der Waals surface area contributed by atoms with E-state index in [-0.39, 0.29) is 17.7 Å². The molecule has 51 heavy (non-hydrogen) atoms. The molecule has 0 radical (unpaired) electrons. The molecule has 4 aromatic rings. The topological polar surface area (TPSA) is 75.7 Å². The van der Waals surface area contributed by atoms with E-state index in [1.54, 1.807) is 0 Å². The molecule has 0 N–H and O–H groups in total. The Morgan fingerprint density at radius 1 is 0.824 bits per heavy atom. The largest absolute Gasteiger partial charge is 0.434 e. The van der Waals surface area contributed by atoms with Gasteiger partial charge in [0.25, 0.3) is 8.32 Å². The highest BCUT2D eigenvalue weighted by atomic mass is 28.4. The monoisotopic (exact) mass is 709 g/mol. The Morgan fingerprint density at radius 3 is 1.88 bits per heavy atom. The van der Waals surface area contributed by atoms with E-state index in [4.69, 9.17) is 28.2 Å². The number of esters is 1. The standard InChI is InChI=1S/C42H51NO7Si/c1-31(44)47-38-27-36(43(50-38)28-32-19-11-7-12-20-32)39-40(49-42(5,6)48-39)37(45-29-33-21-13-8-14-22-33)30-46-51(41(2,3)4,34-23-15-9-16-24-34)35-25-17-10-18-26-35/h7-26,36-40H,27-30H2,1-6H3/t36-,37+,38-,39-,40-/m0/s1. The minimum atomic E-state index is -2.92. The van der Waals surface area contributed by atoms with Crippen LogP contribution in [-0.2, 0) is 46.2 Å². The van der Waals surface area contributed by atoms with Gasteiger partial charge in [0.05, 0.1) is 19.3 Å². The molecule has 2 fully saturated rings. The van der Waals surface area contributed by atoms with Crippen molar-refractivity contribution >= 4 is 24.7 Å². The fourth-order valence-corrected chi connectivity index (χ4v) is 12.0. The van der Waals surface area contributed by atoms with E-state index in [2.05, 4.69) is 93.6 Å². The third-order valence-corrected chi connectivity index (χ3v) is 14.6. The molecule has 2 aliphatic heterocycles. The number of hydrogen-bond donors (Lipinski definition) is 0. The predicted octanol–water partition coefficient (Wildman–Crippen LogP) is 6.76. The van der Waals surface area contributed by atoms with Crippen molar-refractivity contribution in [3.8, 4) is 0 Å². The summed E-state index contributed by atoms with van der Waals surface area (Å²) in [5, 5.41) is 4.03. The quantitative estimate of drug-likeness (QED) is 0.111. The second-order valence-corrected chi connectivity index (χ2v) is 19.2. The zero-order valence-electron chi connectivity index (χ0n) is 30.6. The van der Waals surface area contributed by atoms with Crippen molar-refractivity contribution in [1.29, 1.82) is 0 Å². The smallest absolute Gasteiger partial charge is 0.304 e. The van der Waals surface area contributed by atoms with Gasteiger partial charge >= 0.3 is 5.97 Å². The molecule has 0 spiro atoms. The molecule has 0 aromatic heterocycles. The Bertz CT molecular complexity index is 1640. The Morgan fingerprint density at radius 2 is 1.35 bits per heavy atom. The first-order valence-electron chi connectivity index (χ1n) is 17.9. The lowest BCUT2D eigenvalue weighted by atomic mass is 9.98. The highest BCUT2D eigenvalue weighted by molar-refractivity contribution is 6.99. The predicted molar refractivity (Wildman–Crippen MR) is 199 cm³/mol. The van der Waals surface area contributed by atoms with Gasteiger partial charge in [-0.1, -0.05) is 142 Å². The molecule has 4 aromatic carbocycles. The van der Waals surface area contributed by atoms with Gasteiger partial charge in [-0.05, 0) is 40.4 Å². The zero-order valence-corrected chi connectivity index (χ0v) is 31.6. The Hall–Kier alpha value is -3.67. The molecule has 2 saturated heterocycles. The van der Waals surface area contributed by atoms with Crippen LogP contribution in [0.1, 0.15) is 59.1 Å². The number of hydrogen-bond acceptors (Lipinski definition) is 8. The fourth-order valence-electron chi connectivity index (χ4n) is 7.44. The maximum Gasteiger partial charge on any atom is 0.304 e. The second-order valence-electron chi connectivity index (χ2n) is 14.9. The summed E-state index contributed by atoms with van der Waals surface area (Å²) in [4.78, 5) is 18.4. The number of hydroxylamine groups is 2. The molecule has 0 amide bonds. The Kier molecular flexibility index (Phi) is 11.6. The van der Waals surface area contributed by atoms with Gasteiger partial charge in [-0.25, -0.2) is 0 Å². The molecule has 8 nitrogen and oxygen atoms in total. The van der Waals surface area contributed by atoms with E-state index >= 15 is 0 Å². The van der Waals surface area contributed by atoms with Crippen molar-refractivity contribution in [2.75, 3.05) is 6.61 Å². The van der Waals surface area contributed by atoms with Crippen LogP contribution >= 0.6 is 0 Å². The number of ether oxygens (including phenoxy) is 4. The third kappa shape index (κ3) is 8.69. The van der Waals surface area contributed by atoms with Crippen molar-refractivity contribution < 1.29 is 33.0 Å². The maximum atomic E-state index is 12.1. The van der Waals surface area contributed by atoms with Crippen LogP contribution < -0.4 is 10.4 Å². The number of carbonyl (C=O) groups is 1. The molecular formula is C42H51NO7Si. The summed E-state index contributed by atoms with van der Waals surface area (Å²) >= 11 is 0. The van der Waals surface area contributed by atoms with Crippen LogP contribution in [0, 0.1) is 0 Å². The summed E-state index contributed by atoms with van der Waals surface area (Å²) in [5.41, 5.74) is 2.11. The molecule has 0 saturated carbocycles. The van der Waals surface area contributed by atoms with Gasteiger partial charge < -0.3 is 23.4 Å². The molecule has 0 unspecified atom stereocenters. The highest BCUT2D eigenvalue weighted by Crippen LogP contribution is 2.41. The SMILES string of the molecule is CC(=O)O[C@@H]1C[C@@H]([C@@H]2OC(C)(C)O[C@H]2[C@@H](CO[Si](c2ccccc2)(c2ccccc2)C(C)(C)C)OCc2ccccc2)N(Cc2ccccc2)O1. The second kappa shape index (κ2) is 15.9. The lowest BCUT2D eigenvalue weighted by Gasteiger charge is -2.44. The van der Waals surface area contributed by atoms with Crippen molar-refractivity contribution in [2.24, 2.45) is 0 Å². The average Bonchev–Trinajstić information content (AvgIpc) is 3.65. The molecule has 0 bridgehead atoms. The summed E-state index contributed by atoms with van der Waals surface area (Å²) < 4.78 is 33.5. The van der Waals surface area contributed by atoms with Crippen LogP contribution in [0.4, 0.5) is 0 Å². The average molecular weight is 710 g/mol. The van der Waals surface area contributed by atoms with Crippen molar-refractivity contribution in [3.63, 3.8) is 0 Å². The van der Waals surface area contributed by atoms with Gasteiger partial charge in [-0.2, -0.15) is 5.06 Å². The van der Waals surface area contributed by atoms with Gasteiger partial charge in [-0.3, -0.25) is 9.63 Å². The number of rotatable bonds is 13. The zero-order chi connectivity index (χ0) is 36.1. The fraction of sp³-hybridized carbons (Fsp3) is 0.405. The number of carbonyl (C=O) groups excluding carboxylic acids is 1. The summed E-state index contributed by atoms with van der Waals surface area (Å²) in [6.45, 7) is 13.2. The molecule has 5 atom stereocenters. The summed E-state index contributed by atoms with van der Waals surface area (Å²) in [6.07, 6.45) is -1.89. The highest BCUT2D eigenvalue weighted by Gasteiger charge is 2.55. The van der Waals surface area contributed by atoms with Crippen LogP contribution in [0.2, 0.25) is 5.04 Å². The summed E-state index contributed by atoms with van der Waals surface area (Å²) in [6, 6.07) is 41.2. The van der Waals surface area contributed by atoms with E-state index in [0.29, 0.717) is 19.6 Å². The first-order valence-corrected chi connectivity index (χ1v) is 19.8. The van der Waals surface area contributed by atoms with Crippen LogP contribution in [0.3, 0.4) is 0 Å². The molecule has 2 aliphatic rings. The first kappa shape index (κ1) is 37.1. The van der Waals surface area contributed by atoms with Gasteiger partial charge in [0.15, 0.2) is 5.79 Å². The van der Waals surface area contributed by atoms with Crippen LogP contribution in [0.25, 0.3) is 0 Å². The molecule has 9 heteroatoms. The van der Waals surface area contributed by atoms with E-state index in [9.17, 15) is 4.79 Å².